The van der Waals surface area contributed by atoms with Crippen LogP contribution in [0.2, 0.25) is 5.02 Å². The summed E-state index contributed by atoms with van der Waals surface area (Å²) >= 11 is 5.98. The summed E-state index contributed by atoms with van der Waals surface area (Å²) in [6.07, 6.45) is 7.85. The summed E-state index contributed by atoms with van der Waals surface area (Å²) in [6, 6.07) is 15.6. The van der Waals surface area contributed by atoms with Crippen molar-refractivity contribution in [3.05, 3.63) is 70.2 Å². The Hall–Kier alpha value is -2.37. The zero-order valence-electron chi connectivity index (χ0n) is 19.7. The quantitative estimate of drug-likeness (QED) is 0.666. The molecular formula is C28H34ClN3O2. The summed E-state index contributed by atoms with van der Waals surface area (Å²) in [7, 11) is 0. The summed E-state index contributed by atoms with van der Waals surface area (Å²) in [6.45, 7) is 2.75. The smallest absolute Gasteiger partial charge is 0.253 e. The summed E-state index contributed by atoms with van der Waals surface area (Å²) < 4.78 is 0. The minimum Gasteiger partial charge on any atom is -0.348 e. The Morgan fingerprint density at radius 3 is 2.32 bits per heavy atom. The average molecular weight is 480 g/mol. The van der Waals surface area contributed by atoms with E-state index in [1.807, 2.05) is 4.90 Å². The van der Waals surface area contributed by atoms with E-state index in [2.05, 4.69) is 34.5 Å². The molecule has 2 fully saturated rings. The molecule has 2 aliphatic carbocycles. The van der Waals surface area contributed by atoms with Gasteiger partial charge >= 0.3 is 0 Å². The maximum atomic E-state index is 13.7. The molecular weight excluding hydrogens is 446 g/mol. The maximum Gasteiger partial charge on any atom is 0.253 e. The van der Waals surface area contributed by atoms with Crippen LogP contribution in [0.1, 0.15) is 66.1 Å². The molecule has 5 nitrogen and oxygen atoms in total. The first kappa shape index (κ1) is 23.4. The first-order chi connectivity index (χ1) is 16.6. The predicted octanol–water partition coefficient (Wildman–Crippen LogP) is 4.85. The number of hydrogen-bond donors (Lipinski definition) is 1. The number of fused-ring (bicyclic) bond motifs is 1. The van der Waals surface area contributed by atoms with Crippen LogP contribution in [-0.4, -0.2) is 53.8 Å². The van der Waals surface area contributed by atoms with E-state index in [0.29, 0.717) is 29.6 Å². The van der Waals surface area contributed by atoms with Crippen LogP contribution in [0.4, 0.5) is 0 Å². The number of benzene rings is 2. The molecule has 0 unspecified atom stereocenters. The number of nitrogens with zero attached hydrogens (tertiary/aromatic N) is 2. The van der Waals surface area contributed by atoms with Gasteiger partial charge in [0.15, 0.2) is 0 Å². The van der Waals surface area contributed by atoms with Gasteiger partial charge in [-0.05, 0) is 73.4 Å². The topological polar surface area (TPSA) is 52.7 Å². The summed E-state index contributed by atoms with van der Waals surface area (Å²) in [4.78, 5) is 30.9. The first-order valence-corrected chi connectivity index (χ1v) is 13.1. The molecule has 0 aromatic heterocycles. The second-order valence-electron chi connectivity index (χ2n) is 9.98. The van der Waals surface area contributed by atoms with Gasteiger partial charge < -0.3 is 10.2 Å². The SMILES string of the molecule is O=C(N[C@@H]1CCCc2ccccc21)[C@@H](C1CCCC1)N1CCN(C(=O)c2ccc(Cl)cc2)CC1. The highest BCUT2D eigenvalue weighted by Crippen LogP contribution is 2.33. The predicted molar refractivity (Wildman–Crippen MR) is 135 cm³/mol. The van der Waals surface area contributed by atoms with Crippen molar-refractivity contribution in [2.45, 2.75) is 57.0 Å². The van der Waals surface area contributed by atoms with Crippen LogP contribution in [0.3, 0.4) is 0 Å². The largest absolute Gasteiger partial charge is 0.348 e. The Labute approximate surface area is 207 Å². The molecule has 5 rings (SSSR count). The number of piperazine rings is 1. The van der Waals surface area contributed by atoms with Crippen LogP contribution in [0.15, 0.2) is 48.5 Å². The van der Waals surface area contributed by atoms with E-state index in [0.717, 1.165) is 45.2 Å². The number of halogens is 1. The lowest BCUT2D eigenvalue weighted by atomic mass is 9.87. The van der Waals surface area contributed by atoms with Crippen molar-refractivity contribution in [2.24, 2.45) is 5.92 Å². The molecule has 0 bridgehead atoms. The molecule has 1 saturated heterocycles. The highest BCUT2D eigenvalue weighted by molar-refractivity contribution is 6.30. The molecule has 180 valence electrons. The van der Waals surface area contributed by atoms with Gasteiger partial charge in [0.2, 0.25) is 5.91 Å². The van der Waals surface area contributed by atoms with Gasteiger partial charge in [0.05, 0.1) is 12.1 Å². The van der Waals surface area contributed by atoms with E-state index >= 15 is 0 Å². The number of amides is 2. The standard InChI is InChI=1S/C28H34ClN3O2/c29-23-14-12-22(13-15-23)28(34)32-18-16-31(17-19-32)26(21-7-1-2-8-21)27(33)30-25-11-5-9-20-6-3-4-10-24(20)25/h3-4,6,10,12-15,21,25-26H,1-2,5,7-9,11,16-19H2,(H,30,33)/t25-,26-/m1/s1. The minimum absolute atomic E-state index is 0.0389. The van der Waals surface area contributed by atoms with Gasteiger partial charge in [-0.2, -0.15) is 0 Å². The van der Waals surface area contributed by atoms with E-state index in [1.54, 1.807) is 24.3 Å². The highest BCUT2D eigenvalue weighted by Gasteiger charge is 2.38. The molecule has 1 heterocycles. The van der Waals surface area contributed by atoms with E-state index in [-0.39, 0.29) is 23.9 Å². The maximum absolute atomic E-state index is 13.7. The number of hydrogen-bond acceptors (Lipinski definition) is 3. The van der Waals surface area contributed by atoms with Crippen LogP contribution in [0.25, 0.3) is 0 Å². The number of nitrogens with one attached hydrogen (secondary N) is 1. The Kier molecular flexibility index (Phi) is 7.21. The van der Waals surface area contributed by atoms with E-state index < -0.39 is 0 Å². The number of carbonyl (C=O) groups excluding carboxylic acids is 2. The van der Waals surface area contributed by atoms with Gasteiger partial charge in [0, 0.05) is 36.8 Å². The second kappa shape index (κ2) is 10.5. The lowest BCUT2D eigenvalue weighted by Crippen LogP contribution is -2.58. The molecule has 2 aromatic carbocycles. The lowest BCUT2D eigenvalue weighted by Gasteiger charge is -2.41. The van der Waals surface area contributed by atoms with Crippen LogP contribution in [0.5, 0.6) is 0 Å². The average Bonchev–Trinajstić information content (AvgIpc) is 3.39. The van der Waals surface area contributed by atoms with Crippen LogP contribution in [0, 0.1) is 5.92 Å². The normalized spacial score (nSPS) is 22.3. The van der Waals surface area contributed by atoms with Gasteiger partial charge in [-0.25, -0.2) is 0 Å². The molecule has 3 aliphatic rings. The number of aryl methyl sites for hydroxylation is 1. The minimum atomic E-state index is -0.107. The monoisotopic (exact) mass is 479 g/mol. The molecule has 2 atom stereocenters. The van der Waals surface area contributed by atoms with Crippen molar-refractivity contribution in [3.63, 3.8) is 0 Å². The fourth-order valence-electron chi connectivity index (χ4n) is 6.09. The molecule has 1 saturated carbocycles. The van der Waals surface area contributed by atoms with Crippen molar-refractivity contribution in [1.82, 2.24) is 15.1 Å². The van der Waals surface area contributed by atoms with Gasteiger partial charge in [-0.15, -0.1) is 0 Å². The molecule has 1 aliphatic heterocycles. The number of carbonyl (C=O) groups is 2. The summed E-state index contributed by atoms with van der Waals surface area (Å²) in [5, 5.41) is 4.07. The van der Waals surface area contributed by atoms with E-state index in [9.17, 15) is 9.59 Å². The second-order valence-corrected chi connectivity index (χ2v) is 10.4. The van der Waals surface area contributed by atoms with Crippen molar-refractivity contribution < 1.29 is 9.59 Å². The zero-order chi connectivity index (χ0) is 23.5. The third-order valence-corrected chi connectivity index (χ3v) is 8.14. The molecule has 2 amide bonds. The van der Waals surface area contributed by atoms with Gasteiger partial charge in [-0.3, -0.25) is 14.5 Å². The molecule has 2 aromatic rings. The molecule has 0 spiro atoms. The highest BCUT2D eigenvalue weighted by atomic mass is 35.5. The zero-order valence-corrected chi connectivity index (χ0v) is 20.5. The van der Waals surface area contributed by atoms with Crippen LogP contribution in [-0.2, 0) is 11.2 Å². The van der Waals surface area contributed by atoms with Crippen LogP contribution >= 0.6 is 11.6 Å². The Morgan fingerprint density at radius 1 is 0.882 bits per heavy atom. The molecule has 6 heteroatoms. The van der Waals surface area contributed by atoms with Crippen molar-refractivity contribution in [1.29, 1.82) is 0 Å². The third kappa shape index (κ3) is 5.01. The Balaban J connectivity index is 1.26. The number of rotatable bonds is 5. The van der Waals surface area contributed by atoms with E-state index in [4.69, 9.17) is 11.6 Å². The summed E-state index contributed by atoms with van der Waals surface area (Å²) in [5.74, 6) is 0.612. The first-order valence-electron chi connectivity index (χ1n) is 12.8. The van der Waals surface area contributed by atoms with Crippen LogP contribution < -0.4 is 5.32 Å². The van der Waals surface area contributed by atoms with E-state index in [1.165, 1.54) is 24.0 Å². The molecule has 0 radical (unpaired) electrons. The van der Waals surface area contributed by atoms with Crippen molar-refractivity contribution in [3.8, 4) is 0 Å². The van der Waals surface area contributed by atoms with Gasteiger partial charge in [0.25, 0.3) is 5.91 Å². The lowest BCUT2D eigenvalue weighted by molar-refractivity contribution is -0.130. The fraction of sp³-hybridized carbons (Fsp3) is 0.500. The summed E-state index contributed by atoms with van der Waals surface area (Å²) in [5.41, 5.74) is 3.32. The molecule has 34 heavy (non-hydrogen) atoms. The van der Waals surface area contributed by atoms with Gasteiger partial charge in [-0.1, -0.05) is 48.7 Å². The Bertz CT molecular complexity index is 1010. The Morgan fingerprint density at radius 2 is 1.59 bits per heavy atom. The third-order valence-electron chi connectivity index (χ3n) is 7.89. The molecule has 1 N–H and O–H groups in total. The van der Waals surface area contributed by atoms with Crippen molar-refractivity contribution in [2.75, 3.05) is 26.2 Å². The van der Waals surface area contributed by atoms with Gasteiger partial charge in [0.1, 0.15) is 0 Å². The van der Waals surface area contributed by atoms with Crippen molar-refractivity contribution >= 4 is 23.4 Å². The fourth-order valence-corrected chi connectivity index (χ4v) is 6.22.